The highest BCUT2D eigenvalue weighted by Crippen LogP contribution is 2.53. The second-order valence-electron chi connectivity index (χ2n) is 8.46. The molecule has 2 aromatic rings. The van der Waals surface area contributed by atoms with Crippen LogP contribution < -0.4 is 20.7 Å². The normalized spacial score (nSPS) is 19.7. The first-order chi connectivity index (χ1) is 15.6. The molecular weight excluding hydrogens is 404 g/mol. The van der Waals surface area contributed by atoms with Gasteiger partial charge in [-0.2, -0.15) is 0 Å². The molecule has 0 unspecified atom stereocenters. The Morgan fingerprint density at radius 1 is 1.22 bits per heavy atom. The highest BCUT2D eigenvalue weighted by molar-refractivity contribution is 6.13. The minimum absolute atomic E-state index is 0.0701. The van der Waals surface area contributed by atoms with Crippen molar-refractivity contribution in [3.8, 4) is 5.75 Å². The van der Waals surface area contributed by atoms with Crippen LogP contribution in [0.4, 0.5) is 17.1 Å². The fourth-order valence-corrected chi connectivity index (χ4v) is 4.80. The molecule has 1 aliphatic carbocycles. The lowest BCUT2D eigenvalue weighted by Gasteiger charge is -2.36. The first kappa shape index (κ1) is 20.6. The predicted octanol–water partition coefficient (Wildman–Crippen LogP) is 3.50. The lowest BCUT2D eigenvalue weighted by atomic mass is 9.65. The van der Waals surface area contributed by atoms with E-state index in [2.05, 4.69) is 28.4 Å². The van der Waals surface area contributed by atoms with Crippen LogP contribution in [0.2, 0.25) is 0 Å². The maximum Gasteiger partial charge on any atom is 0.235 e. The summed E-state index contributed by atoms with van der Waals surface area (Å²) in [4.78, 5) is 19.9. The zero-order valence-corrected chi connectivity index (χ0v) is 18.3. The van der Waals surface area contributed by atoms with Crippen molar-refractivity contribution < 1.29 is 14.3 Å². The average Bonchev–Trinajstić information content (AvgIpc) is 3.11. The van der Waals surface area contributed by atoms with Crippen LogP contribution in [-0.2, 0) is 14.9 Å². The molecule has 166 valence electrons. The van der Waals surface area contributed by atoms with Crippen molar-refractivity contribution >= 4 is 28.7 Å². The number of methoxy groups -OCH3 is 1. The van der Waals surface area contributed by atoms with E-state index < -0.39 is 5.41 Å². The summed E-state index contributed by atoms with van der Waals surface area (Å²) in [6, 6.07) is 12.2. The van der Waals surface area contributed by atoms with Crippen molar-refractivity contribution in [1.29, 1.82) is 0 Å². The molecule has 5 rings (SSSR count). The minimum atomic E-state index is -0.435. The van der Waals surface area contributed by atoms with E-state index in [9.17, 15) is 4.79 Å². The van der Waals surface area contributed by atoms with Crippen molar-refractivity contribution in [3.63, 3.8) is 0 Å². The molecule has 1 saturated carbocycles. The molecule has 7 heteroatoms. The van der Waals surface area contributed by atoms with E-state index in [0.717, 1.165) is 73.8 Å². The second-order valence-corrected chi connectivity index (χ2v) is 8.46. The molecule has 2 heterocycles. The topological polar surface area (TPSA) is 89.2 Å². The number of amides is 1. The lowest BCUT2D eigenvalue weighted by Crippen LogP contribution is -2.40. The highest BCUT2D eigenvalue weighted by atomic mass is 16.5. The third-order valence-electron chi connectivity index (χ3n) is 6.74. The zero-order chi connectivity index (χ0) is 22.1. The number of benzene rings is 2. The first-order valence-corrected chi connectivity index (χ1v) is 11.1. The number of fused-ring (bicyclic) bond motifs is 2. The molecule has 0 aromatic heterocycles. The minimum Gasteiger partial charge on any atom is -0.495 e. The molecule has 0 radical (unpaired) electrons. The smallest absolute Gasteiger partial charge is 0.235 e. The van der Waals surface area contributed by atoms with Crippen molar-refractivity contribution in [2.75, 3.05) is 43.6 Å². The van der Waals surface area contributed by atoms with E-state index in [0.29, 0.717) is 5.75 Å². The standard InChI is InChI=1S/C25H28N4O3/c1-31-22-16-17(15-20-23(22)28-24(30)25(20)8-2-9-25)21(7-10-26)27-18-3-5-19(6-4-18)29-11-13-32-14-12-29/h3-7,10,15-16H,2,8-9,11-14,26H2,1H3,(H,28,30). The van der Waals surface area contributed by atoms with Gasteiger partial charge in [0.15, 0.2) is 0 Å². The number of aliphatic imine (C=N–C) groups is 1. The van der Waals surface area contributed by atoms with Gasteiger partial charge in [0.25, 0.3) is 0 Å². The number of carbonyl (C=O) groups is 1. The van der Waals surface area contributed by atoms with E-state index in [4.69, 9.17) is 20.2 Å². The third kappa shape index (κ3) is 3.42. The van der Waals surface area contributed by atoms with Gasteiger partial charge in [0.2, 0.25) is 5.91 Å². The Labute approximate surface area is 187 Å². The van der Waals surface area contributed by atoms with E-state index in [1.165, 1.54) is 11.9 Å². The molecule has 3 aliphatic rings. The Kier molecular flexibility index (Phi) is 5.35. The quantitative estimate of drug-likeness (QED) is 0.706. The van der Waals surface area contributed by atoms with Crippen LogP contribution in [0.1, 0.15) is 30.4 Å². The number of hydrogen-bond acceptors (Lipinski definition) is 6. The maximum atomic E-state index is 12.7. The number of hydrogen-bond donors (Lipinski definition) is 2. The lowest BCUT2D eigenvalue weighted by molar-refractivity contribution is -0.123. The molecule has 0 bridgehead atoms. The summed E-state index contributed by atoms with van der Waals surface area (Å²) in [6.45, 7) is 3.30. The summed E-state index contributed by atoms with van der Waals surface area (Å²) in [5, 5.41) is 3.03. The molecule has 1 spiro atoms. The van der Waals surface area contributed by atoms with Crippen LogP contribution in [0.3, 0.4) is 0 Å². The summed E-state index contributed by atoms with van der Waals surface area (Å²) < 4.78 is 11.1. The Morgan fingerprint density at radius 3 is 2.59 bits per heavy atom. The molecule has 2 fully saturated rings. The monoisotopic (exact) mass is 432 g/mol. The van der Waals surface area contributed by atoms with Gasteiger partial charge < -0.3 is 25.4 Å². The van der Waals surface area contributed by atoms with Crippen LogP contribution in [-0.4, -0.2) is 45.0 Å². The van der Waals surface area contributed by atoms with Gasteiger partial charge >= 0.3 is 0 Å². The van der Waals surface area contributed by atoms with Crippen LogP contribution in [0.25, 0.3) is 0 Å². The van der Waals surface area contributed by atoms with Crippen LogP contribution in [0, 0.1) is 0 Å². The summed E-state index contributed by atoms with van der Waals surface area (Å²) >= 11 is 0. The Balaban J connectivity index is 1.50. The number of nitrogens with zero attached hydrogens (tertiary/aromatic N) is 2. The van der Waals surface area contributed by atoms with Gasteiger partial charge in [-0.15, -0.1) is 0 Å². The molecule has 2 aromatic carbocycles. The van der Waals surface area contributed by atoms with Gasteiger partial charge in [0.1, 0.15) is 5.75 Å². The molecule has 7 nitrogen and oxygen atoms in total. The summed E-state index contributed by atoms with van der Waals surface area (Å²) in [5.74, 6) is 0.719. The Bertz CT molecular complexity index is 1080. The SMILES string of the molecule is COc1cc(C(C=CN)=Nc2ccc(N3CCOCC3)cc2)cc2c1NC(=O)C21CCC1. The van der Waals surface area contributed by atoms with Crippen molar-refractivity contribution in [2.24, 2.45) is 10.7 Å². The third-order valence-corrected chi connectivity index (χ3v) is 6.74. The number of anilines is 2. The maximum absolute atomic E-state index is 12.7. The number of rotatable bonds is 5. The van der Waals surface area contributed by atoms with Gasteiger partial charge in [0, 0.05) is 24.3 Å². The van der Waals surface area contributed by atoms with E-state index in [1.54, 1.807) is 13.2 Å². The number of ether oxygens (including phenoxy) is 2. The largest absolute Gasteiger partial charge is 0.495 e. The van der Waals surface area contributed by atoms with Crippen LogP contribution in [0.15, 0.2) is 53.7 Å². The highest BCUT2D eigenvalue weighted by Gasteiger charge is 2.52. The van der Waals surface area contributed by atoms with Gasteiger partial charge in [-0.05, 0) is 67.1 Å². The van der Waals surface area contributed by atoms with E-state index in [-0.39, 0.29) is 5.91 Å². The van der Waals surface area contributed by atoms with E-state index in [1.807, 2.05) is 18.2 Å². The molecule has 32 heavy (non-hydrogen) atoms. The van der Waals surface area contributed by atoms with Crippen molar-refractivity contribution in [2.45, 2.75) is 24.7 Å². The molecule has 3 N–H and O–H groups in total. The average molecular weight is 433 g/mol. The van der Waals surface area contributed by atoms with Gasteiger partial charge in [-0.1, -0.05) is 6.42 Å². The Morgan fingerprint density at radius 2 is 1.97 bits per heavy atom. The molecule has 1 amide bonds. The fourth-order valence-electron chi connectivity index (χ4n) is 4.80. The summed E-state index contributed by atoms with van der Waals surface area (Å²) in [6.07, 6.45) is 6.05. The fraction of sp³-hybridized carbons (Fsp3) is 0.360. The summed E-state index contributed by atoms with van der Waals surface area (Å²) in [7, 11) is 1.62. The number of nitrogens with two attached hydrogens (primary N) is 1. The zero-order valence-electron chi connectivity index (χ0n) is 18.3. The molecule has 1 saturated heterocycles. The van der Waals surface area contributed by atoms with Crippen molar-refractivity contribution in [3.05, 3.63) is 59.8 Å². The number of morpholine rings is 1. The predicted molar refractivity (Wildman–Crippen MR) is 126 cm³/mol. The van der Waals surface area contributed by atoms with Crippen LogP contribution >= 0.6 is 0 Å². The molecule has 0 atom stereocenters. The van der Waals surface area contributed by atoms with E-state index >= 15 is 0 Å². The number of allylic oxidation sites excluding steroid dienone is 1. The first-order valence-electron chi connectivity index (χ1n) is 11.1. The van der Waals surface area contributed by atoms with Gasteiger partial charge in [-0.25, -0.2) is 4.99 Å². The van der Waals surface area contributed by atoms with Crippen molar-refractivity contribution in [1.82, 2.24) is 0 Å². The number of nitrogens with one attached hydrogen (secondary N) is 1. The van der Waals surface area contributed by atoms with Gasteiger partial charge in [-0.3, -0.25) is 4.79 Å². The second kappa shape index (κ2) is 8.31. The number of carbonyl (C=O) groups excluding carboxylic acids is 1. The van der Waals surface area contributed by atoms with Gasteiger partial charge in [0.05, 0.1) is 42.8 Å². The Hall–Kier alpha value is -3.32. The van der Waals surface area contributed by atoms with Crippen LogP contribution in [0.5, 0.6) is 5.75 Å². The summed E-state index contributed by atoms with van der Waals surface area (Å²) in [5.41, 5.74) is 10.7. The molecule has 2 aliphatic heterocycles. The molecular formula is C25H28N4O3.